The molecule has 0 fully saturated rings. The predicted octanol–water partition coefficient (Wildman–Crippen LogP) is 9.04. The molecule has 2 atom stereocenters. The Hall–Kier alpha value is -2.13. The van der Waals surface area contributed by atoms with Gasteiger partial charge in [-0.2, -0.15) is 0 Å². The summed E-state index contributed by atoms with van der Waals surface area (Å²) in [4.78, 5) is 0. The van der Waals surface area contributed by atoms with E-state index in [0.717, 1.165) is 22.3 Å². The Labute approximate surface area is 240 Å². The molecule has 4 aromatic carbocycles. The molecule has 0 spiro atoms. The van der Waals surface area contributed by atoms with Crippen molar-refractivity contribution in [2.24, 2.45) is 0 Å². The van der Waals surface area contributed by atoms with Crippen LogP contribution in [0.1, 0.15) is 36.1 Å². The molecule has 0 nitrogen and oxygen atoms in total. The Morgan fingerprint density at radius 3 is 1.31 bits per heavy atom. The van der Waals surface area contributed by atoms with Gasteiger partial charge in [-0.25, -0.2) is 0 Å². The molecule has 0 bridgehead atoms. The van der Waals surface area contributed by atoms with Crippen molar-refractivity contribution in [1.29, 1.82) is 0 Å². The zero-order valence-electron chi connectivity index (χ0n) is 20.1. The molecule has 4 heteroatoms. The molecule has 0 heterocycles. The van der Waals surface area contributed by atoms with Gasteiger partial charge in [-0.05, 0) is 58.4 Å². The largest absolute Gasteiger partial charge is 0.118 e. The summed E-state index contributed by atoms with van der Waals surface area (Å²) < 4.78 is -1.30. The van der Waals surface area contributed by atoms with E-state index in [2.05, 4.69) is 123 Å². The molecule has 36 heavy (non-hydrogen) atoms. The van der Waals surface area contributed by atoms with Crippen molar-refractivity contribution in [2.45, 2.75) is 22.8 Å². The first-order valence-corrected chi connectivity index (χ1v) is 13.6. The van der Waals surface area contributed by atoms with Gasteiger partial charge in [-0.15, -0.1) is 23.2 Å². The minimum absolute atomic E-state index is 0. The van der Waals surface area contributed by atoms with Gasteiger partial charge in [-0.3, -0.25) is 0 Å². The topological polar surface area (TPSA) is 0 Å². The van der Waals surface area contributed by atoms with E-state index in [1.165, 1.54) is 33.4 Å². The first-order valence-electron chi connectivity index (χ1n) is 11.8. The molecule has 2 unspecified atom stereocenters. The number of allylic oxidation sites excluding steroid dienone is 2. The molecule has 2 aliphatic rings. The molecule has 174 valence electrons. The van der Waals surface area contributed by atoms with Gasteiger partial charge in [-0.1, -0.05) is 120 Å². The van der Waals surface area contributed by atoms with Crippen LogP contribution in [0.2, 0.25) is 0 Å². The fraction of sp³-hybridized carbons (Fsp3) is 0.125. The van der Waals surface area contributed by atoms with Gasteiger partial charge in [0.25, 0.3) is 0 Å². The number of hydrogen-bond donors (Lipinski definition) is 0. The second-order valence-corrected chi connectivity index (χ2v) is 12.9. The van der Waals surface area contributed by atoms with Crippen molar-refractivity contribution in [3.8, 4) is 22.3 Å². The first-order chi connectivity index (χ1) is 16.9. The maximum Gasteiger partial charge on any atom is 0.118 e. The van der Waals surface area contributed by atoms with Crippen LogP contribution < -0.4 is 0 Å². The van der Waals surface area contributed by atoms with Gasteiger partial charge in [0.2, 0.25) is 0 Å². The first kappa shape index (κ1) is 25.5. The van der Waals surface area contributed by atoms with Crippen molar-refractivity contribution >= 4 is 44.9 Å². The molecular formula is C32H24Cl2SiTi. The number of hydrogen-bond acceptors (Lipinski definition) is 0. The summed E-state index contributed by atoms with van der Waals surface area (Å²) in [7, 11) is 0.242. The predicted molar refractivity (Wildman–Crippen MR) is 152 cm³/mol. The number of alkyl halides is 2. The SMILES string of the molecule is CC1=Cc2c(-c3ccccc3)cccc2C1(Cl)[Si]C1(Cl)C(C)=Cc2c(-c3ccccc3)cccc21.[Ti]. The van der Waals surface area contributed by atoms with E-state index in [1.54, 1.807) is 0 Å². The average molecular weight is 555 g/mol. The van der Waals surface area contributed by atoms with E-state index in [4.69, 9.17) is 23.2 Å². The summed E-state index contributed by atoms with van der Waals surface area (Å²) in [5, 5.41) is 0. The minimum atomic E-state index is -0.651. The number of benzene rings is 4. The second-order valence-electron chi connectivity index (χ2n) is 9.36. The molecule has 0 aromatic heterocycles. The van der Waals surface area contributed by atoms with Crippen LogP contribution in [0.3, 0.4) is 0 Å². The fourth-order valence-corrected chi connectivity index (χ4v) is 8.56. The van der Waals surface area contributed by atoms with Crippen molar-refractivity contribution in [3.63, 3.8) is 0 Å². The van der Waals surface area contributed by atoms with Crippen LogP contribution in [-0.2, 0) is 30.7 Å². The third-order valence-corrected chi connectivity index (χ3v) is 10.9. The number of rotatable bonds is 4. The van der Waals surface area contributed by atoms with Crippen LogP contribution in [0.4, 0.5) is 0 Å². The van der Waals surface area contributed by atoms with Gasteiger partial charge >= 0.3 is 0 Å². The van der Waals surface area contributed by atoms with Crippen molar-refractivity contribution in [1.82, 2.24) is 0 Å². The third-order valence-electron chi connectivity index (χ3n) is 7.28. The van der Waals surface area contributed by atoms with E-state index in [0.29, 0.717) is 0 Å². The Kier molecular flexibility index (Phi) is 6.83. The van der Waals surface area contributed by atoms with Crippen molar-refractivity contribution < 1.29 is 21.7 Å². The van der Waals surface area contributed by atoms with Gasteiger partial charge in [0.05, 0.1) is 8.99 Å². The number of halogens is 2. The van der Waals surface area contributed by atoms with Crippen LogP contribution in [0.5, 0.6) is 0 Å². The van der Waals surface area contributed by atoms with Crippen LogP contribution >= 0.6 is 23.2 Å². The smallest absolute Gasteiger partial charge is 0.114 e. The molecule has 2 aliphatic carbocycles. The molecular weight excluding hydrogens is 531 g/mol. The second kappa shape index (κ2) is 9.63. The van der Waals surface area contributed by atoms with Crippen LogP contribution in [-0.4, -0.2) is 9.52 Å². The molecule has 0 saturated carbocycles. The van der Waals surface area contributed by atoms with Crippen LogP contribution in [0.25, 0.3) is 34.4 Å². The molecule has 2 radical (unpaired) electrons. The normalized spacial score (nSPS) is 21.8. The zero-order chi connectivity index (χ0) is 24.2. The molecule has 0 N–H and O–H groups in total. The van der Waals surface area contributed by atoms with E-state index in [-0.39, 0.29) is 31.2 Å². The van der Waals surface area contributed by atoms with Crippen molar-refractivity contribution in [3.05, 3.63) is 130 Å². The molecule has 0 aliphatic heterocycles. The average Bonchev–Trinajstić information content (AvgIpc) is 3.29. The summed E-state index contributed by atoms with van der Waals surface area (Å²) in [5.74, 6) is 0. The summed E-state index contributed by atoms with van der Waals surface area (Å²) in [6, 6.07) is 34.0. The minimum Gasteiger partial charge on any atom is -0.114 e. The summed E-state index contributed by atoms with van der Waals surface area (Å²) in [6.45, 7) is 4.29. The van der Waals surface area contributed by atoms with Gasteiger partial charge in [0.15, 0.2) is 0 Å². The fourth-order valence-electron chi connectivity index (χ4n) is 5.41. The third kappa shape index (κ3) is 3.93. The summed E-state index contributed by atoms with van der Waals surface area (Å²) in [6.07, 6.45) is 4.51. The Bertz CT molecular complexity index is 1400. The van der Waals surface area contributed by atoms with Crippen LogP contribution in [0, 0.1) is 0 Å². The summed E-state index contributed by atoms with van der Waals surface area (Å²) >= 11 is 15.2. The van der Waals surface area contributed by atoms with Gasteiger partial charge < -0.3 is 0 Å². The van der Waals surface area contributed by atoms with E-state index in [1.807, 2.05) is 0 Å². The Balaban J connectivity index is 0.00000267. The van der Waals surface area contributed by atoms with E-state index in [9.17, 15) is 0 Å². The molecule has 0 amide bonds. The maximum atomic E-state index is 7.60. The maximum absolute atomic E-state index is 7.60. The van der Waals surface area contributed by atoms with Crippen molar-refractivity contribution in [2.75, 3.05) is 0 Å². The van der Waals surface area contributed by atoms with Crippen LogP contribution in [0.15, 0.2) is 108 Å². The molecule has 0 saturated heterocycles. The van der Waals surface area contributed by atoms with Gasteiger partial charge in [0.1, 0.15) is 9.52 Å². The zero-order valence-corrected chi connectivity index (χ0v) is 24.2. The Morgan fingerprint density at radius 1 is 0.528 bits per heavy atom. The van der Waals surface area contributed by atoms with E-state index >= 15 is 0 Å². The molecule has 4 aromatic rings. The van der Waals surface area contributed by atoms with Gasteiger partial charge in [0, 0.05) is 21.7 Å². The Morgan fingerprint density at radius 2 is 0.917 bits per heavy atom. The quantitative estimate of drug-likeness (QED) is 0.174. The number of fused-ring (bicyclic) bond motifs is 2. The standard InChI is InChI=1S/C32H24Cl2Si.Ti/c1-21-19-27-25(23-11-5-3-6-12-23)15-9-17-29(27)31(21,33)35-32(34)22(2)20-28-26(16-10-18-30(28)32)24-13-7-4-8-14-24;/h3-20H,1-2H3;. The molecule has 6 rings (SSSR count). The van der Waals surface area contributed by atoms with E-state index < -0.39 is 8.99 Å². The summed E-state index contributed by atoms with van der Waals surface area (Å²) in [5.41, 5.74) is 11.8. The monoisotopic (exact) mass is 554 g/mol.